The molecular formula is C12H14F2N2O3S2. The Balaban J connectivity index is 2.27. The fourth-order valence-corrected chi connectivity index (χ4v) is 4.49. The van der Waals surface area contributed by atoms with Crippen LogP contribution in [0.1, 0.15) is 35.8 Å². The van der Waals surface area contributed by atoms with E-state index in [4.69, 9.17) is 0 Å². The minimum Gasteiger partial charge on any atom is -0.624 e. The third-order valence-electron chi connectivity index (χ3n) is 2.88. The van der Waals surface area contributed by atoms with Gasteiger partial charge in [-0.05, 0) is 25.3 Å². The molecule has 1 aliphatic rings. The van der Waals surface area contributed by atoms with Gasteiger partial charge in [-0.2, -0.15) is 8.78 Å². The fraction of sp³-hybridized carbons (Fsp3) is 0.500. The summed E-state index contributed by atoms with van der Waals surface area (Å²) in [6, 6.07) is 0. The molecule has 0 bridgehead atoms. The topological polar surface area (TPSA) is 73.1 Å². The summed E-state index contributed by atoms with van der Waals surface area (Å²) >= 11 is 0.917. The molecule has 5 nitrogen and oxygen atoms in total. The quantitative estimate of drug-likeness (QED) is 0.346. The fourth-order valence-electron chi connectivity index (χ4n) is 1.77. The van der Waals surface area contributed by atoms with Crippen LogP contribution in [0.4, 0.5) is 8.78 Å². The Morgan fingerprint density at radius 2 is 2.19 bits per heavy atom. The van der Waals surface area contributed by atoms with Gasteiger partial charge in [-0.25, -0.2) is 18.1 Å². The lowest BCUT2D eigenvalue weighted by molar-refractivity contribution is -0.416. The van der Waals surface area contributed by atoms with E-state index < -0.39 is 21.7 Å². The van der Waals surface area contributed by atoms with Crippen molar-refractivity contribution in [3.8, 4) is 0 Å². The number of sulfone groups is 1. The molecule has 9 heteroatoms. The third-order valence-corrected chi connectivity index (χ3v) is 6.08. The van der Waals surface area contributed by atoms with Gasteiger partial charge in [0.1, 0.15) is 11.9 Å². The second-order valence-electron chi connectivity index (χ2n) is 4.78. The Kier molecular flexibility index (Phi) is 4.72. The molecule has 0 amide bonds. The number of hydrogen-bond acceptors (Lipinski definition) is 5. The predicted octanol–water partition coefficient (Wildman–Crippen LogP) is 2.52. The largest absolute Gasteiger partial charge is 0.624 e. The summed E-state index contributed by atoms with van der Waals surface area (Å²) < 4.78 is 48.5. The Hall–Kier alpha value is -1.35. The second-order valence-corrected chi connectivity index (χ2v) is 8.09. The van der Waals surface area contributed by atoms with Crippen LogP contribution in [-0.2, 0) is 9.84 Å². The average Bonchev–Trinajstić information content (AvgIpc) is 3.09. The van der Waals surface area contributed by atoms with Crippen molar-refractivity contribution in [1.82, 2.24) is 4.98 Å². The van der Waals surface area contributed by atoms with Gasteiger partial charge in [0.15, 0.2) is 6.21 Å². The summed E-state index contributed by atoms with van der Waals surface area (Å²) in [5, 5.41) is 11.1. The molecule has 0 N–H and O–H groups in total. The molecule has 21 heavy (non-hydrogen) atoms. The van der Waals surface area contributed by atoms with E-state index in [1.54, 1.807) is 0 Å². The molecule has 1 saturated carbocycles. The number of allylic oxidation sites excluding steroid dienone is 1. The highest BCUT2D eigenvalue weighted by Crippen LogP contribution is 2.42. The summed E-state index contributed by atoms with van der Waals surface area (Å²) in [7, 11) is -2.41. The van der Waals surface area contributed by atoms with Crippen LogP contribution >= 0.6 is 11.3 Å². The molecule has 0 saturated heterocycles. The summed E-state index contributed by atoms with van der Waals surface area (Å²) in [5.41, 5.74) is 0.619. The minimum atomic E-state index is -3.71. The number of nitrogens with zero attached hydrogens (tertiary/aromatic N) is 2. The molecule has 0 radical (unpaired) electrons. The lowest BCUT2D eigenvalue weighted by Crippen LogP contribution is -2.05. The Morgan fingerprint density at radius 3 is 2.71 bits per heavy atom. The molecule has 116 valence electrons. The van der Waals surface area contributed by atoms with Crippen LogP contribution < -0.4 is 0 Å². The number of hydroxylamine groups is 1. The van der Waals surface area contributed by atoms with Gasteiger partial charge >= 0.3 is 0 Å². The van der Waals surface area contributed by atoms with Gasteiger partial charge < -0.3 is 5.21 Å². The van der Waals surface area contributed by atoms with Crippen molar-refractivity contribution >= 4 is 27.4 Å². The van der Waals surface area contributed by atoms with Crippen molar-refractivity contribution < 1.29 is 21.9 Å². The maximum atomic E-state index is 12.1. The summed E-state index contributed by atoms with van der Waals surface area (Å²) in [6.07, 6.45) is 1.55. The van der Waals surface area contributed by atoms with Crippen LogP contribution in [0, 0.1) is 5.21 Å². The molecule has 0 aromatic carbocycles. The number of halogens is 2. The molecule has 2 rings (SSSR count). The Morgan fingerprint density at radius 1 is 1.52 bits per heavy atom. The number of hydrogen-bond donors (Lipinski definition) is 0. The summed E-state index contributed by atoms with van der Waals surface area (Å²) in [4.78, 5) is 4.65. The monoisotopic (exact) mass is 336 g/mol. The molecular weight excluding hydrogens is 322 g/mol. The van der Waals surface area contributed by atoms with Crippen molar-refractivity contribution in [1.29, 1.82) is 0 Å². The first-order chi connectivity index (χ1) is 9.79. The first-order valence-electron chi connectivity index (χ1n) is 6.29. The zero-order chi connectivity index (χ0) is 15.6. The van der Waals surface area contributed by atoms with E-state index >= 15 is 0 Å². The van der Waals surface area contributed by atoms with Crippen LogP contribution in [0.25, 0.3) is 0 Å². The van der Waals surface area contributed by atoms with Crippen LogP contribution in [0.15, 0.2) is 16.5 Å². The minimum absolute atomic E-state index is 0.106. The molecule has 1 aromatic heterocycles. The second kappa shape index (κ2) is 6.18. The predicted molar refractivity (Wildman–Crippen MR) is 75.8 cm³/mol. The molecule has 0 atom stereocenters. The van der Waals surface area contributed by atoms with Crippen LogP contribution in [0.5, 0.6) is 0 Å². The van der Waals surface area contributed by atoms with E-state index in [0.29, 0.717) is 21.4 Å². The third kappa shape index (κ3) is 4.31. The van der Waals surface area contributed by atoms with Gasteiger partial charge in [0.2, 0.25) is 14.2 Å². The molecule has 1 aromatic rings. The van der Waals surface area contributed by atoms with Gasteiger partial charge in [0, 0.05) is 5.92 Å². The SMILES string of the molecule is C/[N+]([O-])=C/c1sc(S(=O)(=O)CCC=C(F)F)nc1C1CC1. The van der Waals surface area contributed by atoms with Gasteiger partial charge in [-0.1, -0.05) is 11.3 Å². The van der Waals surface area contributed by atoms with Crippen molar-refractivity contribution in [3.63, 3.8) is 0 Å². The van der Waals surface area contributed by atoms with E-state index in [1.165, 1.54) is 13.3 Å². The maximum Gasteiger partial charge on any atom is 0.266 e. The van der Waals surface area contributed by atoms with Gasteiger partial charge in [-0.3, -0.25) is 0 Å². The number of thiazole rings is 1. The maximum absolute atomic E-state index is 12.1. The highest BCUT2D eigenvalue weighted by Gasteiger charge is 2.32. The highest BCUT2D eigenvalue weighted by atomic mass is 32.2. The Labute approximate surface area is 125 Å². The smallest absolute Gasteiger partial charge is 0.266 e. The first-order valence-corrected chi connectivity index (χ1v) is 8.76. The normalized spacial score (nSPS) is 16.0. The van der Waals surface area contributed by atoms with Gasteiger partial charge in [-0.15, -0.1) is 0 Å². The number of rotatable bonds is 6. The Bertz CT molecular complexity index is 683. The first kappa shape index (κ1) is 16.0. The van der Waals surface area contributed by atoms with Crippen LogP contribution in [0.2, 0.25) is 0 Å². The van der Waals surface area contributed by atoms with E-state index in [2.05, 4.69) is 4.98 Å². The van der Waals surface area contributed by atoms with E-state index in [1.807, 2.05) is 0 Å². The van der Waals surface area contributed by atoms with Crippen molar-refractivity contribution in [2.45, 2.75) is 29.5 Å². The van der Waals surface area contributed by atoms with E-state index in [9.17, 15) is 22.4 Å². The lowest BCUT2D eigenvalue weighted by Gasteiger charge is -1.96. The molecule has 1 aliphatic carbocycles. The highest BCUT2D eigenvalue weighted by molar-refractivity contribution is 7.93. The van der Waals surface area contributed by atoms with Crippen LogP contribution in [-0.4, -0.2) is 37.2 Å². The van der Waals surface area contributed by atoms with Crippen LogP contribution in [0.3, 0.4) is 0 Å². The van der Waals surface area contributed by atoms with E-state index in [-0.39, 0.29) is 16.7 Å². The molecule has 0 spiro atoms. The average molecular weight is 336 g/mol. The van der Waals surface area contributed by atoms with E-state index in [0.717, 1.165) is 24.2 Å². The van der Waals surface area contributed by atoms with Crippen molar-refractivity contribution in [3.05, 3.63) is 27.9 Å². The van der Waals surface area contributed by atoms with Crippen molar-refractivity contribution in [2.75, 3.05) is 12.8 Å². The zero-order valence-electron chi connectivity index (χ0n) is 11.3. The van der Waals surface area contributed by atoms with Gasteiger partial charge in [0.25, 0.3) is 6.08 Å². The molecule has 0 unspecified atom stereocenters. The molecule has 1 heterocycles. The lowest BCUT2D eigenvalue weighted by atomic mass is 10.3. The standard InChI is InChI=1S/C12H14F2N2O3S2/c1-16(17)7-9-11(8-4-5-8)15-12(20-9)21(18,19)6-2-3-10(13)14/h3,7-8H,2,4-6H2,1H3/b16-7-. The number of aromatic nitrogens is 1. The molecule has 0 aliphatic heterocycles. The van der Waals surface area contributed by atoms with Crippen molar-refractivity contribution in [2.24, 2.45) is 0 Å². The molecule has 1 fully saturated rings. The summed E-state index contributed by atoms with van der Waals surface area (Å²) in [6.45, 7) is 0. The zero-order valence-corrected chi connectivity index (χ0v) is 12.9. The van der Waals surface area contributed by atoms with Gasteiger partial charge in [0.05, 0.1) is 11.4 Å². The summed E-state index contributed by atoms with van der Waals surface area (Å²) in [5.74, 6) is -0.228.